The van der Waals surface area contributed by atoms with Gasteiger partial charge in [0.25, 0.3) is 0 Å². The first-order chi connectivity index (χ1) is 7.85. The van der Waals surface area contributed by atoms with Crippen LogP contribution >= 0.6 is 0 Å². The first kappa shape index (κ1) is 12.1. The van der Waals surface area contributed by atoms with Crippen LogP contribution in [0.1, 0.15) is 31.9 Å². The highest BCUT2D eigenvalue weighted by molar-refractivity contribution is 6.04. The van der Waals surface area contributed by atoms with Crippen molar-refractivity contribution in [2.45, 2.75) is 39.4 Å². The van der Waals surface area contributed by atoms with Gasteiger partial charge >= 0.3 is 0 Å². The summed E-state index contributed by atoms with van der Waals surface area (Å²) in [7, 11) is 0. The van der Waals surface area contributed by atoms with Gasteiger partial charge in [-0.05, 0) is 32.9 Å². The average Bonchev–Trinajstić information content (AvgIpc) is 2.42. The lowest BCUT2D eigenvalue weighted by Crippen LogP contribution is -2.45. The van der Waals surface area contributed by atoms with Crippen molar-refractivity contribution in [1.29, 1.82) is 0 Å². The molecule has 0 aliphatic carbocycles. The van der Waals surface area contributed by atoms with Crippen LogP contribution in [-0.2, 0) is 0 Å². The summed E-state index contributed by atoms with van der Waals surface area (Å²) in [6, 6.07) is 7.78. The zero-order chi connectivity index (χ0) is 12.8. The third kappa shape index (κ3) is 1.73. The Kier molecular flexibility index (Phi) is 2.72. The van der Waals surface area contributed by atoms with Crippen LogP contribution in [0.3, 0.4) is 0 Å². The fraction of sp³-hybridized carbons (Fsp3) is 0.462. The van der Waals surface area contributed by atoms with E-state index in [0.717, 1.165) is 20.9 Å². The van der Waals surface area contributed by atoms with Gasteiger partial charge in [-0.3, -0.25) is 0 Å². The summed E-state index contributed by atoms with van der Waals surface area (Å²) in [5.74, 6) is 0. The summed E-state index contributed by atoms with van der Waals surface area (Å²) < 4.78 is 0.880. The van der Waals surface area contributed by atoms with E-state index in [2.05, 4.69) is 0 Å². The molecule has 92 valence electrons. The van der Waals surface area contributed by atoms with Crippen molar-refractivity contribution in [2.24, 2.45) is 0 Å². The molecular weight excluding hydrogens is 216 g/mol. The molecule has 1 heterocycles. The topological polar surface area (TPSA) is 49.5 Å². The maximum Gasteiger partial charge on any atom is 0.238 e. The van der Waals surface area contributed by atoms with Gasteiger partial charge in [0.2, 0.25) is 11.9 Å². The number of hydroxylamine groups is 3. The second-order valence-electron chi connectivity index (χ2n) is 5.08. The highest BCUT2D eigenvalue weighted by Gasteiger charge is 2.49. The summed E-state index contributed by atoms with van der Waals surface area (Å²) in [6.45, 7) is 7.38. The van der Waals surface area contributed by atoms with Crippen LogP contribution in [0.2, 0.25) is 0 Å². The Bertz CT molecular complexity index is 463. The van der Waals surface area contributed by atoms with Crippen molar-refractivity contribution in [3.8, 4) is 0 Å². The molecule has 2 rings (SSSR count). The predicted octanol–water partition coefficient (Wildman–Crippen LogP) is 2.12. The molecule has 4 nitrogen and oxygen atoms in total. The predicted molar refractivity (Wildman–Crippen MR) is 66.1 cm³/mol. The second-order valence-corrected chi connectivity index (χ2v) is 5.08. The molecular formula is C13H18N2O2. The van der Waals surface area contributed by atoms with E-state index in [1.807, 2.05) is 45.0 Å². The van der Waals surface area contributed by atoms with Crippen LogP contribution in [-0.4, -0.2) is 32.4 Å². The Labute approximate surface area is 101 Å². The molecule has 0 saturated heterocycles. The monoisotopic (exact) mass is 234 g/mol. The van der Waals surface area contributed by atoms with E-state index in [1.54, 1.807) is 6.92 Å². The molecule has 1 N–H and O–H groups in total. The molecule has 0 spiro atoms. The van der Waals surface area contributed by atoms with Crippen molar-refractivity contribution >= 4 is 5.71 Å². The summed E-state index contributed by atoms with van der Waals surface area (Å²) in [5.41, 5.74) is 1.94. The molecule has 1 aliphatic rings. The zero-order valence-corrected chi connectivity index (χ0v) is 10.6. The Morgan fingerprint density at radius 1 is 1.29 bits per heavy atom. The molecule has 0 saturated carbocycles. The number of benzene rings is 1. The fourth-order valence-electron chi connectivity index (χ4n) is 2.32. The molecule has 0 aromatic heterocycles. The molecule has 0 amide bonds. The number of hydrogen-bond acceptors (Lipinski definition) is 3. The molecule has 1 aromatic rings. The number of aryl methyl sites for hydroxylation is 1. The number of hydrogen-bond donors (Lipinski definition) is 1. The summed E-state index contributed by atoms with van der Waals surface area (Å²) >= 11 is 0. The van der Waals surface area contributed by atoms with Crippen molar-refractivity contribution in [3.05, 3.63) is 40.6 Å². The van der Waals surface area contributed by atoms with E-state index >= 15 is 0 Å². The SMILES string of the molecule is Cc1ccc(C2=[N+]([O-])[C@H](C)N(O)C2(C)C)cc1. The minimum atomic E-state index is -0.670. The normalized spacial score (nSPS) is 24.4. The van der Waals surface area contributed by atoms with Crippen molar-refractivity contribution in [3.63, 3.8) is 0 Å². The third-order valence-electron chi connectivity index (χ3n) is 3.39. The highest BCUT2D eigenvalue weighted by atomic mass is 16.5. The highest BCUT2D eigenvalue weighted by Crippen LogP contribution is 2.28. The smallest absolute Gasteiger partial charge is 0.238 e. The maximum absolute atomic E-state index is 12.1. The lowest BCUT2D eigenvalue weighted by atomic mass is 9.92. The van der Waals surface area contributed by atoms with E-state index in [-0.39, 0.29) is 0 Å². The Hall–Kier alpha value is -1.39. The molecule has 0 fully saturated rings. The molecule has 1 aliphatic heterocycles. The molecule has 0 radical (unpaired) electrons. The quantitative estimate of drug-likeness (QED) is 0.598. The fourth-order valence-corrected chi connectivity index (χ4v) is 2.32. The van der Waals surface area contributed by atoms with Crippen LogP contribution in [0.4, 0.5) is 0 Å². The van der Waals surface area contributed by atoms with Gasteiger partial charge in [0, 0.05) is 12.5 Å². The molecule has 0 unspecified atom stereocenters. The van der Waals surface area contributed by atoms with E-state index in [0.29, 0.717) is 5.71 Å². The van der Waals surface area contributed by atoms with Gasteiger partial charge in [-0.25, -0.2) is 0 Å². The number of rotatable bonds is 1. The van der Waals surface area contributed by atoms with Crippen molar-refractivity contribution < 1.29 is 9.95 Å². The van der Waals surface area contributed by atoms with Gasteiger partial charge in [-0.2, -0.15) is 4.74 Å². The minimum absolute atomic E-state index is 0.554. The molecule has 0 bridgehead atoms. The molecule has 1 aromatic carbocycles. The van der Waals surface area contributed by atoms with Gasteiger partial charge < -0.3 is 10.4 Å². The zero-order valence-electron chi connectivity index (χ0n) is 10.6. The maximum atomic E-state index is 12.1. The molecule has 1 atom stereocenters. The Balaban J connectivity index is 2.53. The minimum Gasteiger partial charge on any atom is -0.622 e. The largest absolute Gasteiger partial charge is 0.622 e. The van der Waals surface area contributed by atoms with Gasteiger partial charge in [0.15, 0.2) is 0 Å². The lowest BCUT2D eigenvalue weighted by Gasteiger charge is -2.24. The van der Waals surface area contributed by atoms with Crippen LogP contribution in [0, 0.1) is 12.1 Å². The summed E-state index contributed by atoms with van der Waals surface area (Å²) in [5, 5.41) is 23.2. The first-order valence-electron chi connectivity index (χ1n) is 5.74. The van der Waals surface area contributed by atoms with E-state index in [9.17, 15) is 10.4 Å². The molecule has 17 heavy (non-hydrogen) atoms. The van der Waals surface area contributed by atoms with Gasteiger partial charge in [-0.1, -0.05) is 17.7 Å². The summed E-state index contributed by atoms with van der Waals surface area (Å²) in [6.07, 6.45) is -0.554. The Morgan fingerprint density at radius 2 is 1.82 bits per heavy atom. The Morgan fingerprint density at radius 3 is 2.24 bits per heavy atom. The van der Waals surface area contributed by atoms with Crippen molar-refractivity contribution in [1.82, 2.24) is 5.06 Å². The average molecular weight is 234 g/mol. The lowest BCUT2D eigenvalue weighted by molar-refractivity contribution is -0.531. The third-order valence-corrected chi connectivity index (χ3v) is 3.39. The first-order valence-corrected chi connectivity index (χ1v) is 5.74. The van der Waals surface area contributed by atoms with E-state index in [4.69, 9.17) is 0 Å². The van der Waals surface area contributed by atoms with Gasteiger partial charge in [0.1, 0.15) is 5.54 Å². The van der Waals surface area contributed by atoms with Crippen LogP contribution < -0.4 is 0 Å². The summed E-state index contributed by atoms with van der Waals surface area (Å²) in [4.78, 5) is 0. The van der Waals surface area contributed by atoms with Crippen LogP contribution in [0.25, 0.3) is 0 Å². The van der Waals surface area contributed by atoms with Gasteiger partial charge in [-0.15, -0.1) is 5.06 Å². The van der Waals surface area contributed by atoms with Crippen LogP contribution in [0.5, 0.6) is 0 Å². The van der Waals surface area contributed by atoms with E-state index < -0.39 is 11.7 Å². The molecule has 4 heteroatoms. The number of nitrogens with zero attached hydrogens (tertiary/aromatic N) is 2. The van der Waals surface area contributed by atoms with Crippen LogP contribution in [0.15, 0.2) is 24.3 Å². The van der Waals surface area contributed by atoms with E-state index in [1.165, 1.54) is 0 Å². The van der Waals surface area contributed by atoms with Crippen molar-refractivity contribution in [2.75, 3.05) is 0 Å². The standard InChI is InChI=1S/C13H18N2O2/c1-9-5-7-11(8-6-9)12-13(3,4)15(17)10(2)14(12)16/h5-8,10,17H,1-4H3/t10-/m0/s1. The van der Waals surface area contributed by atoms with Gasteiger partial charge in [0.05, 0.1) is 0 Å². The second kappa shape index (κ2) is 3.82.